The maximum absolute atomic E-state index is 12.1. The summed E-state index contributed by atoms with van der Waals surface area (Å²) in [6.07, 6.45) is 4.01. The van der Waals surface area contributed by atoms with Crippen LogP contribution in [-0.2, 0) is 4.79 Å². The largest absolute Gasteiger partial charge is 0.396 e. The first kappa shape index (κ1) is 18.9. The van der Waals surface area contributed by atoms with Crippen LogP contribution in [-0.4, -0.2) is 33.9 Å². The molecule has 2 N–H and O–H groups in total. The SMILES string of the molecule is Cc1nn(-c2ccccc2)c(C)c1/C=C/C(=O)NCC(C)(C)CCO. The minimum Gasteiger partial charge on any atom is -0.396 e. The molecule has 25 heavy (non-hydrogen) atoms. The van der Waals surface area contributed by atoms with Gasteiger partial charge in [-0.15, -0.1) is 0 Å². The Bertz CT molecular complexity index is 746. The molecule has 1 amide bonds. The summed E-state index contributed by atoms with van der Waals surface area (Å²) in [7, 11) is 0. The number of hydrogen-bond donors (Lipinski definition) is 2. The number of nitrogens with zero attached hydrogens (tertiary/aromatic N) is 2. The van der Waals surface area contributed by atoms with E-state index in [2.05, 4.69) is 10.4 Å². The second-order valence-corrected chi connectivity index (χ2v) is 7.02. The first-order valence-electron chi connectivity index (χ1n) is 8.52. The minimum absolute atomic E-state index is 0.121. The molecule has 0 saturated carbocycles. The van der Waals surface area contributed by atoms with E-state index in [1.165, 1.54) is 0 Å². The molecular weight excluding hydrogens is 314 g/mol. The van der Waals surface area contributed by atoms with Gasteiger partial charge in [-0.25, -0.2) is 4.68 Å². The predicted octanol–water partition coefficient (Wildman–Crippen LogP) is 3.03. The Labute approximate surface area is 149 Å². The van der Waals surface area contributed by atoms with Gasteiger partial charge in [0.05, 0.1) is 11.4 Å². The smallest absolute Gasteiger partial charge is 0.244 e. The van der Waals surface area contributed by atoms with Crippen LogP contribution in [0.1, 0.15) is 37.2 Å². The Hall–Kier alpha value is -2.40. The van der Waals surface area contributed by atoms with Crippen LogP contribution in [0.2, 0.25) is 0 Å². The van der Waals surface area contributed by atoms with Crippen molar-refractivity contribution in [2.75, 3.05) is 13.2 Å². The van der Waals surface area contributed by atoms with Crippen molar-refractivity contribution in [3.63, 3.8) is 0 Å². The van der Waals surface area contributed by atoms with Gasteiger partial charge in [-0.1, -0.05) is 32.0 Å². The molecule has 5 heteroatoms. The van der Waals surface area contributed by atoms with Crippen LogP contribution in [0, 0.1) is 19.3 Å². The normalized spacial score (nSPS) is 11.9. The van der Waals surface area contributed by atoms with Crippen LogP contribution in [0.25, 0.3) is 11.8 Å². The molecular formula is C20H27N3O2. The number of carbonyl (C=O) groups excluding carboxylic acids is 1. The van der Waals surface area contributed by atoms with Gasteiger partial charge in [-0.05, 0) is 43.9 Å². The Balaban J connectivity index is 2.09. The fraction of sp³-hybridized carbons (Fsp3) is 0.400. The summed E-state index contributed by atoms with van der Waals surface area (Å²) >= 11 is 0. The molecule has 0 aliphatic carbocycles. The Morgan fingerprint density at radius 1 is 1.28 bits per heavy atom. The average molecular weight is 341 g/mol. The van der Waals surface area contributed by atoms with Gasteiger partial charge < -0.3 is 10.4 Å². The van der Waals surface area contributed by atoms with Gasteiger partial charge in [-0.3, -0.25) is 4.79 Å². The minimum atomic E-state index is -0.141. The maximum Gasteiger partial charge on any atom is 0.244 e. The van der Waals surface area contributed by atoms with Crippen LogP contribution in [0.4, 0.5) is 0 Å². The Morgan fingerprint density at radius 2 is 1.96 bits per heavy atom. The summed E-state index contributed by atoms with van der Waals surface area (Å²) in [5.41, 5.74) is 3.70. The highest BCUT2D eigenvalue weighted by Gasteiger charge is 2.17. The van der Waals surface area contributed by atoms with Crippen molar-refractivity contribution < 1.29 is 9.90 Å². The molecule has 1 heterocycles. The van der Waals surface area contributed by atoms with Crippen molar-refractivity contribution in [1.82, 2.24) is 15.1 Å². The van der Waals surface area contributed by atoms with E-state index in [0.717, 1.165) is 22.6 Å². The zero-order valence-corrected chi connectivity index (χ0v) is 15.4. The number of aliphatic hydroxyl groups excluding tert-OH is 1. The first-order valence-corrected chi connectivity index (χ1v) is 8.52. The molecule has 0 radical (unpaired) electrons. The molecule has 0 aliphatic rings. The fourth-order valence-corrected chi connectivity index (χ4v) is 2.65. The van der Waals surface area contributed by atoms with Crippen molar-refractivity contribution in [2.24, 2.45) is 5.41 Å². The number of para-hydroxylation sites is 1. The summed E-state index contributed by atoms with van der Waals surface area (Å²) in [4.78, 5) is 12.1. The van der Waals surface area contributed by atoms with E-state index in [0.29, 0.717) is 13.0 Å². The number of carbonyl (C=O) groups is 1. The standard InChI is InChI=1S/C20H27N3O2/c1-15-18(10-11-19(25)21-14-20(3,4)12-13-24)16(2)23(22-15)17-8-6-5-7-9-17/h5-11,24H,12-14H2,1-4H3,(H,21,25)/b11-10+. The number of aliphatic hydroxyl groups is 1. The second-order valence-electron chi connectivity index (χ2n) is 7.02. The summed E-state index contributed by atoms with van der Waals surface area (Å²) < 4.78 is 1.89. The molecule has 1 aromatic carbocycles. The van der Waals surface area contributed by atoms with Gasteiger partial charge >= 0.3 is 0 Å². The number of benzene rings is 1. The predicted molar refractivity (Wildman–Crippen MR) is 101 cm³/mol. The molecule has 134 valence electrons. The lowest BCUT2D eigenvalue weighted by Gasteiger charge is -2.23. The highest BCUT2D eigenvalue weighted by Crippen LogP contribution is 2.20. The van der Waals surface area contributed by atoms with Crippen LogP contribution < -0.4 is 5.32 Å². The lowest BCUT2D eigenvalue weighted by molar-refractivity contribution is -0.116. The van der Waals surface area contributed by atoms with Gasteiger partial charge in [0.2, 0.25) is 5.91 Å². The maximum atomic E-state index is 12.1. The molecule has 1 aromatic heterocycles. The highest BCUT2D eigenvalue weighted by molar-refractivity contribution is 5.92. The summed E-state index contributed by atoms with van der Waals surface area (Å²) in [5.74, 6) is -0.141. The van der Waals surface area contributed by atoms with Crippen molar-refractivity contribution in [2.45, 2.75) is 34.1 Å². The third-order valence-corrected chi connectivity index (χ3v) is 4.28. The molecule has 0 saturated heterocycles. The lowest BCUT2D eigenvalue weighted by atomic mass is 9.90. The third kappa shape index (κ3) is 5.03. The van der Waals surface area contributed by atoms with Crippen LogP contribution in [0.5, 0.6) is 0 Å². The van der Waals surface area contributed by atoms with Gasteiger partial charge in [0.15, 0.2) is 0 Å². The molecule has 0 unspecified atom stereocenters. The number of nitrogens with one attached hydrogen (secondary N) is 1. The van der Waals surface area contributed by atoms with Crippen molar-refractivity contribution in [3.05, 3.63) is 53.4 Å². The van der Waals surface area contributed by atoms with E-state index in [9.17, 15) is 4.79 Å². The monoisotopic (exact) mass is 341 g/mol. The number of hydrogen-bond acceptors (Lipinski definition) is 3. The summed E-state index contributed by atoms with van der Waals surface area (Å²) in [5, 5.41) is 16.5. The fourth-order valence-electron chi connectivity index (χ4n) is 2.65. The number of aromatic nitrogens is 2. The highest BCUT2D eigenvalue weighted by atomic mass is 16.3. The quantitative estimate of drug-likeness (QED) is 0.761. The number of amides is 1. The molecule has 0 spiro atoms. The molecule has 0 fully saturated rings. The zero-order chi connectivity index (χ0) is 18.4. The second kappa shape index (κ2) is 8.12. The van der Waals surface area contributed by atoms with E-state index in [-0.39, 0.29) is 17.9 Å². The lowest BCUT2D eigenvalue weighted by Crippen LogP contribution is -2.33. The zero-order valence-electron chi connectivity index (χ0n) is 15.4. The summed E-state index contributed by atoms with van der Waals surface area (Å²) in [6.45, 7) is 8.62. The van der Waals surface area contributed by atoms with E-state index >= 15 is 0 Å². The van der Waals surface area contributed by atoms with E-state index in [4.69, 9.17) is 5.11 Å². The van der Waals surface area contributed by atoms with E-state index in [1.807, 2.05) is 68.8 Å². The molecule has 5 nitrogen and oxygen atoms in total. The molecule has 0 aliphatic heterocycles. The molecule has 0 bridgehead atoms. The van der Waals surface area contributed by atoms with Gasteiger partial charge in [0, 0.05) is 30.5 Å². The first-order chi connectivity index (χ1) is 11.8. The molecule has 2 rings (SSSR count). The average Bonchev–Trinajstić information content (AvgIpc) is 2.86. The van der Waals surface area contributed by atoms with E-state index in [1.54, 1.807) is 6.08 Å². The van der Waals surface area contributed by atoms with Crippen LogP contribution >= 0.6 is 0 Å². The van der Waals surface area contributed by atoms with Crippen molar-refractivity contribution in [3.8, 4) is 5.69 Å². The van der Waals surface area contributed by atoms with Crippen LogP contribution in [0.15, 0.2) is 36.4 Å². The van der Waals surface area contributed by atoms with Crippen LogP contribution in [0.3, 0.4) is 0 Å². The third-order valence-electron chi connectivity index (χ3n) is 4.28. The topological polar surface area (TPSA) is 67.2 Å². The van der Waals surface area contributed by atoms with Gasteiger partial charge in [0.1, 0.15) is 0 Å². The van der Waals surface area contributed by atoms with Crippen molar-refractivity contribution in [1.29, 1.82) is 0 Å². The molecule has 2 aromatic rings. The van der Waals surface area contributed by atoms with Gasteiger partial charge in [-0.2, -0.15) is 5.10 Å². The molecule has 0 atom stereocenters. The van der Waals surface area contributed by atoms with Gasteiger partial charge in [0.25, 0.3) is 0 Å². The van der Waals surface area contributed by atoms with Crippen molar-refractivity contribution >= 4 is 12.0 Å². The summed E-state index contributed by atoms with van der Waals surface area (Å²) in [6, 6.07) is 9.93. The number of aryl methyl sites for hydroxylation is 1. The van der Waals surface area contributed by atoms with E-state index < -0.39 is 0 Å². The number of rotatable bonds is 7. The Morgan fingerprint density at radius 3 is 2.60 bits per heavy atom. The Kier molecular flexibility index (Phi) is 6.15.